The molecule has 9 heteroatoms. The second-order valence-electron chi connectivity index (χ2n) is 5.79. The van der Waals surface area contributed by atoms with E-state index >= 15 is 0 Å². The number of guanidine groups is 1. The topological polar surface area (TPSA) is 86.7 Å². The van der Waals surface area contributed by atoms with E-state index in [1.807, 2.05) is 24.3 Å². The summed E-state index contributed by atoms with van der Waals surface area (Å²) >= 11 is 0. The van der Waals surface area contributed by atoms with Gasteiger partial charge in [0.2, 0.25) is 5.95 Å². The van der Waals surface area contributed by atoms with E-state index in [9.17, 15) is 8.78 Å². The van der Waals surface area contributed by atoms with Crippen LogP contribution in [0.2, 0.25) is 0 Å². The van der Waals surface area contributed by atoms with E-state index in [0.717, 1.165) is 11.0 Å². The number of ether oxygens (including phenoxy) is 2. The summed E-state index contributed by atoms with van der Waals surface area (Å²) in [7, 11) is 0. The van der Waals surface area contributed by atoms with Crippen LogP contribution in [0, 0.1) is 0 Å². The Morgan fingerprint density at radius 2 is 2.04 bits per heavy atom. The van der Waals surface area contributed by atoms with Gasteiger partial charge in [-0.3, -0.25) is 9.88 Å². The molecule has 0 amide bonds. The Morgan fingerprint density at radius 3 is 2.81 bits per heavy atom. The van der Waals surface area contributed by atoms with E-state index in [1.165, 1.54) is 0 Å². The van der Waals surface area contributed by atoms with Crippen molar-refractivity contribution in [3.63, 3.8) is 0 Å². The summed E-state index contributed by atoms with van der Waals surface area (Å²) in [6, 6.07) is 12.4. The third-order valence-corrected chi connectivity index (χ3v) is 4.14. The van der Waals surface area contributed by atoms with E-state index in [1.54, 1.807) is 29.7 Å². The van der Waals surface area contributed by atoms with Crippen molar-refractivity contribution in [3.05, 3.63) is 48.0 Å². The molecule has 7 nitrogen and oxygen atoms in total. The quantitative estimate of drug-likeness (QED) is 0.716. The van der Waals surface area contributed by atoms with Crippen LogP contribution in [0.25, 0.3) is 11.0 Å². The first-order valence-electron chi connectivity index (χ1n) is 8.36. The lowest BCUT2D eigenvalue weighted by Gasteiger charge is -2.26. The maximum Gasteiger partial charge on any atom is 0.387 e. The molecule has 4 rings (SSSR count). The summed E-state index contributed by atoms with van der Waals surface area (Å²) in [5, 5.41) is 2.91. The smallest absolute Gasteiger partial charge is 0.387 e. The number of alkyl halides is 2. The molecule has 0 fully saturated rings. The molecule has 1 aliphatic heterocycles. The highest BCUT2D eigenvalue weighted by atomic mass is 19.3. The number of nitrogens with zero attached hydrogens (tertiary/aromatic N) is 3. The van der Waals surface area contributed by atoms with Crippen LogP contribution in [-0.4, -0.2) is 28.7 Å². The largest absolute Gasteiger partial charge is 0.490 e. The Hall–Kier alpha value is -3.36. The van der Waals surface area contributed by atoms with E-state index in [2.05, 4.69) is 15.3 Å². The zero-order valence-electron chi connectivity index (χ0n) is 14.4. The fourth-order valence-electron chi connectivity index (χ4n) is 3.15. The molecule has 2 heterocycles. The van der Waals surface area contributed by atoms with Gasteiger partial charge in [0, 0.05) is 5.56 Å². The first-order chi connectivity index (χ1) is 13.1. The van der Waals surface area contributed by atoms with Crippen molar-refractivity contribution >= 4 is 22.9 Å². The molecular formula is C18H17F2N5O2. The van der Waals surface area contributed by atoms with Crippen LogP contribution in [0.3, 0.4) is 0 Å². The number of nitrogens with one attached hydrogen (secondary N) is 1. The van der Waals surface area contributed by atoms with Gasteiger partial charge in [-0.15, -0.1) is 0 Å². The van der Waals surface area contributed by atoms with Crippen LogP contribution < -0.4 is 20.5 Å². The third-order valence-electron chi connectivity index (χ3n) is 4.14. The second-order valence-corrected chi connectivity index (χ2v) is 5.79. The van der Waals surface area contributed by atoms with Gasteiger partial charge in [0.15, 0.2) is 23.6 Å². The molecule has 0 aliphatic carbocycles. The van der Waals surface area contributed by atoms with Crippen LogP contribution in [-0.2, 0) is 0 Å². The number of aromatic nitrogens is 2. The predicted molar refractivity (Wildman–Crippen MR) is 97.4 cm³/mol. The van der Waals surface area contributed by atoms with Gasteiger partial charge in [0.05, 0.1) is 17.6 Å². The minimum atomic E-state index is -3.01. The Kier molecular flexibility index (Phi) is 4.27. The number of nitrogens with two attached hydrogens (primary N) is 1. The summed E-state index contributed by atoms with van der Waals surface area (Å²) in [6.45, 7) is -0.937. The van der Waals surface area contributed by atoms with Crippen molar-refractivity contribution in [3.8, 4) is 11.5 Å². The molecular weight excluding hydrogens is 356 g/mol. The Balaban J connectivity index is 1.93. The monoisotopic (exact) mass is 373 g/mol. The molecule has 3 N–H and O–H groups in total. The first-order valence-corrected chi connectivity index (χ1v) is 8.36. The molecule has 2 aromatic carbocycles. The minimum absolute atomic E-state index is 0.0680. The number of aliphatic imine (C=N–C) groups is 1. The first kappa shape index (κ1) is 17.1. The zero-order chi connectivity index (χ0) is 19.0. The highest BCUT2D eigenvalue weighted by Crippen LogP contribution is 2.41. The molecule has 0 saturated carbocycles. The van der Waals surface area contributed by atoms with Crippen molar-refractivity contribution in [1.29, 1.82) is 0 Å². The van der Waals surface area contributed by atoms with Crippen molar-refractivity contribution in [1.82, 2.24) is 9.55 Å². The molecule has 1 aromatic heterocycles. The summed E-state index contributed by atoms with van der Waals surface area (Å²) < 4.78 is 38.2. The van der Waals surface area contributed by atoms with Gasteiger partial charge in [-0.2, -0.15) is 8.78 Å². The average molecular weight is 373 g/mol. The van der Waals surface area contributed by atoms with Gasteiger partial charge >= 0.3 is 6.61 Å². The van der Waals surface area contributed by atoms with Gasteiger partial charge in [-0.1, -0.05) is 24.3 Å². The average Bonchev–Trinajstić information content (AvgIpc) is 3.00. The number of imidazole rings is 1. The highest BCUT2D eigenvalue weighted by Gasteiger charge is 2.29. The van der Waals surface area contributed by atoms with Crippen LogP contribution in [0.1, 0.15) is 18.7 Å². The molecule has 0 bridgehead atoms. The number of para-hydroxylation sites is 3. The summed E-state index contributed by atoms with van der Waals surface area (Å²) in [5.41, 5.74) is 7.82. The molecule has 140 valence electrons. The zero-order valence-corrected chi connectivity index (χ0v) is 14.4. The fourth-order valence-corrected chi connectivity index (χ4v) is 3.15. The van der Waals surface area contributed by atoms with Crippen molar-refractivity contribution in [2.24, 2.45) is 10.7 Å². The van der Waals surface area contributed by atoms with Crippen LogP contribution in [0.15, 0.2) is 47.5 Å². The molecule has 0 saturated heterocycles. The number of hydrogen-bond acceptors (Lipinski definition) is 6. The number of hydrogen-bond donors (Lipinski definition) is 2. The highest BCUT2D eigenvalue weighted by molar-refractivity contribution is 5.94. The molecule has 0 unspecified atom stereocenters. The molecule has 27 heavy (non-hydrogen) atoms. The third kappa shape index (κ3) is 3.01. The van der Waals surface area contributed by atoms with Crippen molar-refractivity contribution in [2.45, 2.75) is 19.7 Å². The lowest BCUT2D eigenvalue weighted by Crippen LogP contribution is -2.31. The fraction of sp³-hybridized carbons (Fsp3) is 0.222. The Morgan fingerprint density at radius 1 is 1.22 bits per heavy atom. The van der Waals surface area contributed by atoms with Gasteiger partial charge < -0.3 is 15.2 Å². The van der Waals surface area contributed by atoms with Crippen LogP contribution in [0.5, 0.6) is 11.5 Å². The molecule has 3 aromatic rings. The summed E-state index contributed by atoms with van der Waals surface area (Å²) in [6.07, 6.45) is -0.734. The number of fused-ring (bicyclic) bond motifs is 3. The SMILES string of the molecule is CCOc1cccc([C@@H]2N=C(N)Nc3nc4ccccc4n32)c1OC(F)F. The van der Waals surface area contributed by atoms with Crippen molar-refractivity contribution < 1.29 is 18.3 Å². The van der Waals surface area contributed by atoms with E-state index in [-0.39, 0.29) is 17.5 Å². The molecule has 0 spiro atoms. The Labute approximate surface area is 153 Å². The summed E-state index contributed by atoms with van der Waals surface area (Å²) in [4.78, 5) is 8.91. The van der Waals surface area contributed by atoms with Crippen molar-refractivity contribution in [2.75, 3.05) is 11.9 Å². The maximum atomic E-state index is 13.1. The van der Waals surface area contributed by atoms with E-state index in [4.69, 9.17) is 15.2 Å². The number of rotatable bonds is 5. The Bertz CT molecular complexity index is 1020. The minimum Gasteiger partial charge on any atom is -0.490 e. The van der Waals surface area contributed by atoms with Gasteiger partial charge in [-0.05, 0) is 25.1 Å². The van der Waals surface area contributed by atoms with Gasteiger partial charge in [-0.25, -0.2) is 9.98 Å². The maximum absolute atomic E-state index is 13.1. The normalized spacial score (nSPS) is 16.0. The van der Waals surface area contributed by atoms with Gasteiger partial charge in [0.25, 0.3) is 0 Å². The van der Waals surface area contributed by atoms with Crippen LogP contribution >= 0.6 is 0 Å². The number of anilines is 1. The predicted octanol–water partition coefficient (Wildman–Crippen LogP) is 3.32. The number of benzene rings is 2. The molecule has 0 radical (unpaired) electrons. The number of halogens is 2. The molecule has 1 aliphatic rings. The van der Waals surface area contributed by atoms with Gasteiger partial charge in [0.1, 0.15) is 0 Å². The lowest BCUT2D eigenvalue weighted by molar-refractivity contribution is -0.0523. The van der Waals surface area contributed by atoms with E-state index < -0.39 is 12.8 Å². The second kappa shape index (κ2) is 6.75. The summed E-state index contributed by atoms with van der Waals surface area (Å²) in [5.74, 6) is 0.751. The van der Waals surface area contributed by atoms with Crippen LogP contribution in [0.4, 0.5) is 14.7 Å². The molecule has 1 atom stereocenters. The standard InChI is InChI=1S/C18H17F2N5O2/c1-2-26-13-9-5-6-10(14(13)27-16(19)20)15-23-17(21)24-18-22-11-7-3-4-8-12(11)25(15)18/h3-9,15-16H,2H2,1H3,(H3,21,22,23,24)/t15-/m1/s1. The lowest BCUT2D eigenvalue weighted by atomic mass is 10.1. The van der Waals surface area contributed by atoms with E-state index in [0.29, 0.717) is 18.1 Å².